The largest absolute Gasteiger partial charge is 0.491 e. The van der Waals surface area contributed by atoms with Gasteiger partial charge >= 0.3 is 0 Å². The Kier molecular flexibility index (Phi) is 5.13. The monoisotopic (exact) mass is 449 g/mol. The Bertz CT molecular complexity index is 1320. The first kappa shape index (κ1) is 20.9. The van der Waals surface area contributed by atoms with Crippen LogP contribution in [-0.4, -0.2) is 31.4 Å². The normalized spacial score (nSPS) is 18.6. The van der Waals surface area contributed by atoms with Crippen LogP contribution in [0.3, 0.4) is 0 Å². The van der Waals surface area contributed by atoms with E-state index in [4.69, 9.17) is 4.74 Å². The van der Waals surface area contributed by atoms with Gasteiger partial charge in [-0.1, -0.05) is 19.1 Å². The number of nitrogens with zero attached hydrogens (tertiary/aromatic N) is 3. The van der Waals surface area contributed by atoms with Crippen molar-refractivity contribution in [3.05, 3.63) is 48.0 Å². The molecule has 5 rings (SSSR count). The average Bonchev–Trinajstić information content (AvgIpc) is 3.49. The van der Waals surface area contributed by atoms with Gasteiger partial charge in [-0.3, -0.25) is 4.31 Å². The number of hydrogen-bond donors (Lipinski definition) is 0. The zero-order valence-electron chi connectivity index (χ0n) is 18.4. The molecular weight excluding hydrogens is 422 g/mol. The Balaban J connectivity index is 1.62. The summed E-state index contributed by atoms with van der Waals surface area (Å²) in [6.07, 6.45) is 3.88. The van der Waals surface area contributed by atoms with E-state index in [1.54, 1.807) is 0 Å². The predicted molar refractivity (Wildman–Crippen MR) is 126 cm³/mol. The molecule has 3 aromatic rings. The van der Waals surface area contributed by atoms with E-state index in [1.807, 2.05) is 36.4 Å². The van der Waals surface area contributed by atoms with Crippen molar-refractivity contribution in [3.8, 4) is 23.1 Å². The summed E-state index contributed by atoms with van der Waals surface area (Å²) in [7, 11) is -3.22. The Morgan fingerprint density at radius 3 is 2.53 bits per heavy atom. The van der Waals surface area contributed by atoms with Gasteiger partial charge in [-0.15, -0.1) is 0 Å². The molecule has 2 aliphatic rings. The molecule has 2 aromatic carbocycles. The van der Waals surface area contributed by atoms with Crippen LogP contribution in [0, 0.1) is 11.3 Å². The van der Waals surface area contributed by atoms with Crippen LogP contribution in [0.5, 0.6) is 5.75 Å². The van der Waals surface area contributed by atoms with Crippen molar-refractivity contribution in [2.75, 3.05) is 16.6 Å². The van der Waals surface area contributed by atoms with E-state index in [9.17, 15) is 13.7 Å². The first-order valence-corrected chi connectivity index (χ1v) is 12.9. The van der Waals surface area contributed by atoms with Crippen LogP contribution < -0.4 is 9.04 Å². The SMILES string of the molecule is CC[C@@H](C)Oc1ccc2c(C#N)c(-c3ccc(N4CCCS4(=O)=O)cc3)n(C3CC3)c2c1. The van der Waals surface area contributed by atoms with Crippen LogP contribution in [0.1, 0.15) is 51.1 Å². The lowest BCUT2D eigenvalue weighted by Gasteiger charge is -2.17. The maximum absolute atomic E-state index is 12.3. The van der Waals surface area contributed by atoms with E-state index < -0.39 is 10.0 Å². The minimum absolute atomic E-state index is 0.126. The standard InChI is InChI=1S/C25H27N3O3S/c1-3-17(2)31-21-11-12-22-23(16-26)25(28(20-9-10-20)24(22)15-21)18-5-7-19(8-6-18)27-13-4-14-32(27,29)30/h5-8,11-12,15,17,20H,3-4,9-10,13-14H2,1-2H3/t17-/m1/s1. The highest BCUT2D eigenvalue weighted by Gasteiger charge is 2.32. The molecule has 6 nitrogen and oxygen atoms in total. The summed E-state index contributed by atoms with van der Waals surface area (Å²) in [4.78, 5) is 0. The number of sulfonamides is 1. The lowest BCUT2D eigenvalue weighted by atomic mass is 10.1. The van der Waals surface area contributed by atoms with Crippen molar-refractivity contribution in [2.24, 2.45) is 0 Å². The third kappa shape index (κ3) is 3.53. The van der Waals surface area contributed by atoms with E-state index in [-0.39, 0.29) is 11.9 Å². The molecule has 1 saturated carbocycles. The summed E-state index contributed by atoms with van der Waals surface area (Å²) in [5.74, 6) is 1.02. The molecule has 0 spiro atoms. The second-order valence-electron chi connectivity index (χ2n) is 8.74. The van der Waals surface area contributed by atoms with Crippen molar-refractivity contribution < 1.29 is 13.2 Å². The number of ether oxygens (including phenoxy) is 1. The molecule has 0 unspecified atom stereocenters. The fourth-order valence-corrected chi connectivity index (χ4v) is 6.07. The summed E-state index contributed by atoms with van der Waals surface area (Å²) >= 11 is 0. The molecular formula is C25H27N3O3S. The van der Waals surface area contributed by atoms with Crippen LogP contribution in [0.15, 0.2) is 42.5 Å². The maximum atomic E-state index is 12.3. The van der Waals surface area contributed by atoms with E-state index in [2.05, 4.69) is 30.6 Å². The van der Waals surface area contributed by atoms with Crippen LogP contribution >= 0.6 is 0 Å². The Morgan fingerprint density at radius 2 is 1.94 bits per heavy atom. The zero-order chi connectivity index (χ0) is 22.5. The first-order valence-electron chi connectivity index (χ1n) is 11.3. The highest BCUT2D eigenvalue weighted by molar-refractivity contribution is 7.93. The summed E-state index contributed by atoms with van der Waals surface area (Å²) in [5, 5.41) is 11.0. The molecule has 0 amide bonds. The van der Waals surface area contributed by atoms with Crippen LogP contribution in [-0.2, 0) is 10.0 Å². The fraction of sp³-hybridized carbons (Fsp3) is 0.400. The van der Waals surface area contributed by atoms with Crippen molar-refractivity contribution in [2.45, 2.75) is 51.7 Å². The maximum Gasteiger partial charge on any atom is 0.235 e. The van der Waals surface area contributed by atoms with Crippen LogP contribution in [0.4, 0.5) is 5.69 Å². The number of anilines is 1. The molecule has 2 heterocycles. The Hall–Kier alpha value is -2.98. The molecule has 166 valence electrons. The van der Waals surface area contributed by atoms with Crippen LogP contribution in [0.2, 0.25) is 0 Å². The van der Waals surface area contributed by atoms with Gasteiger partial charge in [0.25, 0.3) is 0 Å². The average molecular weight is 450 g/mol. The minimum Gasteiger partial charge on any atom is -0.491 e. The Labute approximate surface area is 189 Å². The molecule has 32 heavy (non-hydrogen) atoms. The van der Waals surface area contributed by atoms with Gasteiger partial charge in [0.1, 0.15) is 11.8 Å². The highest BCUT2D eigenvalue weighted by atomic mass is 32.2. The minimum atomic E-state index is -3.22. The van der Waals surface area contributed by atoms with Gasteiger partial charge in [0, 0.05) is 24.0 Å². The number of rotatable bonds is 6. The quantitative estimate of drug-likeness (QED) is 0.516. The van der Waals surface area contributed by atoms with Gasteiger partial charge in [0.05, 0.1) is 34.3 Å². The Morgan fingerprint density at radius 1 is 1.19 bits per heavy atom. The first-order chi connectivity index (χ1) is 15.4. The van der Waals surface area contributed by atoms with Crippen molar-refractivity contribution in [1.29, 1.82) is 5.26 Å². The molecule has 1 aliphatic carbocycles. The number of benzene rings is 2. The smallest absolute Gasteiger partial charge is 0.235 e. The van der Waals surface area contributed by atoms with Gasteiger partial charge in [0.2, 0.25) is 10.0 Å². The molecule has 1 saturated heterocycles. The number of aromatic nitrogens is 1. The van der Waals surface area contributed by atoms with Crippen molar-refractivity contribution in [1.82, 2.24) is 4.57 Å². The summed E-state index contributed by atoms with van der Waals surface area (Å²) in [5.41, 5.74) is 4.19. The third-order valence-corrected chi connectivity index (χ3v) is 8.31. The zero-order valence-corrected chi connectivity index (χ0v) is 19.2. The van der Waals surface area contributed by atoms with E-state index in [0.29, 0.717) is 30.3 Å². The fourth-order valence-electron chi connectivity index (χ4n) is 4.50. The summed E-state index contributed by atoms with van der Waals surface area (Å²) < 4.78 is 34.4. The molecule has 0 bridgehead atoms. The molecule has 0 N–H and O–H groups in total. The number of nitriles is 1. The molecule has 1 aromatic heterocycles. The molecule has 2 fully saturated rings. The van der Waals surface area contributed by atoms with Crippen molar-refractivity contribution in [3.63, 3.8) is 0 Å². The molecule has 1 aliphatic heterocycles. The van der Waals surface area contributed by atoms with Crippen LogP contribution in [0.25, 0.3) is 22.2 Å². The lowest BCUT2D eigenvalue weighted by molar-refractivity contribution is 0.217. The third-order valence-electron chi connectivity index (χ3n) is 6.44. The molecule has 0 radical (unpaired) electrons. The second-order valence-corrected chi connectivity index (χ2v) is 10.8. The second kappa shape index (κ2) is 7.86. The van der Waals surface area contributed by atoms with Crippen molar-refractivity contribution >= 4 is 26.6 Å². The highest BCUT2D eigenvalue weighted by Crippen LogP contribution is 2.45. The van der Waals surface area contributed by atoms with E-state index in [0.717, 1.165) is 47.2 Å². The van der Waals surface area contributed by atoms with Gasteiger partial charge in [-0.25, -0.2) is 8.42 Å². The molecule has 7 heteroatoms. The summed E-state index contributed by atoms with van der Waals surface area (Å²) in [6, 6.07) is 16.4. The van der Waals surface area contributed by atoms with E-state index >= 15 is 0 Å². The van der Waals surface area contributed by atoms with Gasteiger partial charge in [0.15, 0.2) is 0 Å². The topological polar surface area (TPSA) is 75.3 Å². The van der Waals surface area contributed by atoms with E-state index in [1.165, 1.54) is 4.31 Å². The molecule has 1 atom stereocenters. The van der Waals surface area contributed by atoms with Gasteiger partial charge < -0.3 is 9.30 Å². The number of hydrogen-bond acceptors (Lipinski definition) is 4. The lowest BCUT2D eigenvalue weighted by Crippen LogP contribution is -2.24. The van der Waals surface area contributed by atoms with Gasteiger partial charge in [-0.05, 0) is 62.4 Å². The predicted octanol–water partition coefficient (Wildman–Crippen LogP) is 5.23. The summed E-state index contributed by atoms with van der Waals surface area (Å²) in [6.45, 7) is 4.67. The number of fused-ring (bicyclic) bond motifs is 1. The van der Waals surface area contributed by atoms with Gasteiger partial charge in [-0.2, -0.15) is 5.26 Å².